The quantitative estimate of drug-likeness (QED) is 0.588. The van der Waals surface area contributed by atoms with Crippen molar-refractivity contribution < 1.29 is 0 Å². The summed E-state index contributed by atoms with van der Waals surface area (Å²) in [5.41, 5.74) is 0. The lowest BCUT2D eigenvalue weighted by molar-refractivity contribution is 0.542. The van der Waals surface area contributed by atoms with Gasteiger partial charge in [-0.05, 0) is 34.4 Å². The van der Waals surface area contributed by atoms with Crippen LogP contribution in [0.5, 0.6) is 0 Å². The van der Waals surface area contributed by atoms with E-state index < -0.39 is 0 Å². The summed E-state index contributed by atoms with van der Waals surface area (Å²) in [6.07, 6.45) is 4.30. The van der Waals surface area contributed by atoms with Crippen molar-refractivity contribution in [2.24, 2.45) is 11.8 Å². The maximum atomic E-state index is 6.03. The first-order chi connectivity index (χ1) is 4.63. The van der Waals surface area contributed by atoms with Crippen LogP contribution in [0.1, 0.15) is 13.8 Å². The molecule has 0 nitrogen and oxygen atoms in total. The molecule has 0 aliphatic heterocycles. The maximum Gasteiger partial charge on any atom is 0.0348 e. The Morgan fingerprint density at radius 2 is 2.10 bits per heavy atom. The monoisotopic (exact) mass is 268 g/mol. The van der Waals surface area contributed by atoms with E-state index in [1.807, 2.05) is 0 Å². The van der Waals surface area contributed by atoms with Crippen LogP contribution in [0.3, 0.4) is 0 Å². The minimum absolute atomic E-state index is 0.499. The Labute approximate surface area is 80.5 Å². The van der Waals surface area contributed by atoms with Gasteiger partial charge in [0.2, 0.25) is 0 Å². The van der Waals surface area contributed by atoms with Gasteiger partial charge in [-0.25, -0.2) is 0 Å². The van der Waals surface area contributed by atoms with Crippen LogP contribution < -0.4 is 0 Å². The smallest absolute Gasteiger partial charge is 0.0348 e. The molecular formula is C8H10ClI. The Morgan fingerprint density at radius 1 is 1.50 bits per heavy atom. The molecule has 0 fully saturated rings. The molecule has 0 aromatic heterocycles. The molecule has 0 radical (unpaired) electrons. The highest BCUT2D eigenvalue weighted by Crippen LogP contribution is 2.34. The van der Waals surface area contributed by atoms with E-state index in [9.17, 15) is 0 Å². The van der Waals surface area contributed by atoms with E-state index in [1.54, 1.807) is 0 Å². The molecule has 0 spiro atoms. The lowest BCUT2D eigenvalue weighted by Crippen LogP contribution is -2.09. The summed E-state index contributed by atoms with van der Waals surface area (Å²) in [5, 5.41) is 1.01. The molecule has 2 atom stereocenters. The fraction of sp³-hybridized carbons (Fsp3) is 0.500. The third kappa shape index (κ3) is 1.56. The van der Waals surface area contributed by atoms with Crippen LogP contribution in [-0.2, 0) is 0 Å². The Bertz CT molecular complexity index is 193. The van der Waals surface area contributed by atoms with Crippen LogP contribution in [0.2, 0.25) is 0 Å². The molecule has 0 bridgehead atoms. The highest BCUT2D eigenvalue weighted by molar-refractivity contribution is 14.1. The van der Waals surface area contributed by atoms with E-state index in [-0.39, 0.29) is 0 Å². The van der Waals surface area contributed by atoms with Gasteiger partial charge in [0, 0.05) is 8.61 Å². The number of rotatable bonds is 0. The fourth-order valence-electron chi connectivity index (χ4n) is 0.931. The predicted molar refractivity (Wildman–Crippen MR) is 54.4 cm³/mol. The lowest BCUT2D eigenvalue weighted by atomic mass is 9.92. The largest absolute Gasteiger partial charge is 0.0877 e. The molecule has 0 saturated heterocycles. The zero-order chi connectivity index (χ0) is 7.72. The molecule has 0 aromatic carbocycles. The molecule has 2 heteroatoms. The summed E-state index contributed by atoms with van der Waals surface area (Å²) >= 11 is 8.30. The van der Waals surface area contributed by atoms with Crippen molar-refractivity contribution in [3.05, 3.63) is 20.8 Å². The van der Waals surface area contributed by atoms with Crippen molar-refractivity contribution >= 4 is 34.2 Å². The maximum absolute atomic E-state index is 6.03. The van der Waals surface area contributed by atoms with Gasteiger partial charge in [-0.15, -0.1) is 0 Å². The summed E-state index contributed by atoms with van der Waals surface area (Å²) < 4.78 is 1.19. The van der Waals surface area contributed by atoms with Crippen molar-refractivity contribution in [1.29, 1.82) is 0 Å². The average molecular weight is 269 g/mol. The molecule has 0 N–H and O–H groups in total. The normalized spacial score (nSPS) is 33.2. The summed E-state index contributed by atoms with van der Waals surface area (Å²) in [7, 11) is 0. The topological polar surface area (TPSA) is 0 Å². The average Bonchev–Trinajstić information content (AvgIpc) is 1.93. The van der Waals surface area contributed by atoms with Crippen LogP contribution in [0.4, 0.5) is 0 Å². The standard InChI is InChI=1S/C8H10ClI/c1-5-3-4-7(10)8(9)6(5)2/h3-6H,1-2H3. The van der Waals surface area contributed by atoms with Crippen molar-refractivity contribution in [1.82, 2.24) is 0 Å². The minimum Gasteiger partial charge on any atom is -0.0877 e. The van der Waals surface area contributed by atoms with E-state index in [2.05, 4.69) is 48.6 Å². The van der Waals surface area contributed by atoms with Gasteiger partial charge in [0.05, 0.1) is 0 Å². The van der Waals surface area contributed by atoms with Gasteiger partial charge >= 0.3 is 0 Å². The van der Waals surface area contributed by atoms with Gasteiger partial charge in [-0.3, -0.25) is 0 Å². The third-order valence-corrected chi connectivity index (χ3v) is 3.77. The Morgan fingerprint density at radius 3 is 2.60 bits per heavy atom. The van der Waals surface area contributed by atoms with E-state index in [0.717, 1.165) is 5.03 Å². The Kier molecular flexibility index (Phi) is 2.81. The van der Waals surface area contributed by atoms with Gasteiger partial charge < -0.3 is 0 Å². The first-order valence-electron chi connectivity index (χ1n) is 3.36. The molecule has 0 heterocycles. The Balaban J connectivity index is 2.88. The fourth-order valence-corrected chi connectivity index (χ4v) is 1.89. The molecule has 1 aliphatic rings. The molecule has 1 aliphatic carbocycles. The second-order valence-electron chi connectivity index (χ2n) is 2.70. The lowest BCUT2D eigenvalue weighted by Gasteiger charge is -2.20. The highest BCUT2D eigenvalue weighted by atomic mass is 127. The first kappa shape index (κ1) is 8.60. The van der Waals surface area contributed by atoms with E-state index in [1.165, 1.54) is 3.58 Å². The highest BCUT2D eigenvalue weighted by Gasteiger charge is 2.18. The SMILES string of the molecule is CC1C=CC(I)=C(Cl)C1C. The zero-order valence-electron chi connectivity index (χ0n) is 6.07. The van der Waals surface area contributed by atoms with Crippen LogP contribution >= 0.6 is 34.2 Å². The van der Waals surface area contributed by atoms with Gasteiger partial charge in [-0.1, -0.05) is 37.6 Å². The molecular weight excluding hydrogens is 258 g/mol. The Hall–Kier alpha value is 0.500. The molecule has 1 rings (SSSR count). The van der Waals surface area contributed by atoms with Gasteiger partial charge in [0.1, 0.15) is 0 Å². The second-order valence-corrected chi connectivity index (χ2v) is 4.27. The third-order valence-electron chi connectivity index (χ3n) is 1.96. The summed E-state index contributed by atoms with van der Waals surface area (Å²) in [6, 6.07) is 0. The molecule has 2 unspecified atom stereocenters. The zero-order valence-corrected chi connectivity index (χ0v) is 8.98. The molecule has 10 heavy (non-hydrogen) atoms. The van der Waals surface area contributed by atoms with Crippen molar-refractivity contribution in [2.75, 3.05) is 0 Å². The van der Waals surface area contributed by atoms with Crippen molar-refractivity contribution in [3.63, 3.8) is 0 Å². The van der Waals surface area contributed by atoms with Crippen LogP contribution in [-0.4, -0.2) is 0 Å². The van der Waals surface area contributed by atoms with Crippen molar-refractivity contribution in [2.45, 2.75) is 13.8 Å². The summed E-state index contributed by atoms with van der Waals surface area (Å²) in [5.74, 6) is 1.09. The van der Waals surface area contributed by atoms with Gasteiger partial charge in [0.15, 0.2) is 0 Å². The van der Waals surface area contributed by atoms with Crippen molar-refractivity contribution in [3.8, 4) is 0 Å². The van der Waals surface area contributed by atoms with Crippen LogP contribution in [0.25, 0.3) is 0 Å². The number of halogens is 2. The van der Waals surface area contributed by atoms with E-state index >= 15 is 0 Å². The van der Waals surface area contributed by atoms with Crippen LogP contribution in [0, 0.1) is 11.8 Å². The van der Waals surface area contributed by atoms with Crippen LogP contribution in [0.15, 0.2) is 20.8 Å². The van der Waals surface area contributed by atoms with Gasteiger partial charge in [-0.2, -0.15) is 0 Å². The summed E-state index contributed by atoms with van der Waals surface area (Å²) in [4.78, 5) is 0. The first-order valence-corrected chi connectivity index (χ1v) is 4.82. The van der Waals surface area contributed by atoms with E-state index in [0.29, 0.717) is 11.8 Å². The second kappa shape index (κ2) is 3.26. The predicted octanol–water partition coefficient (Wildman–Crippen LogP) is 3.71. The summed E-state index contributed by atoms with van der Waals surface area (Å²) in [6.45, 7) is 4.35. The van der Waals surface area contributed by atoms with E-state index in [4.69, 9.17) is 11.6 Å². The molecule has 0 saturated carbocycles. The minimum atomic E-state index is 0.499. The molecule has 0 amide bonds. The van der Waals surface area contributed by atoms with Gasteiger partial charge in [0.25, 0.3) is 0 Å². The number of hydrogen-bond acceptors (Lipinski definition) is 0. The number of allylic oxidation sites excluding steroid dienone is 4. The molecule has 56 valence electrons. The molecule has 0 aromatic rings. The number of hydrogen-bond donors (Lipinski definition) is 0.